The summed E-state index contributed by atoms with van der Waals surface area (Å²) < 4.78 is 43.7. The standard InChI is InChI=1S/C97H126N18O19/c1-58-16-11-10-12-17-59(2)77(128-7)46-72-18-15-27-97(127,134-72)86(120)91(122)114-29-14-13-19-73(114)93(125)132-78(47-75(116)60(3)41-63(6)84(119)85(130-9)83(118)62(5)40-58)61(4)42-64-21-23-76(79(44-64)129-8)133-96(126)105-50-66-48-101-95(102-49-66)112-35-36-113(74(56-112)92(123)124)80(117)26-38-131-39-37-109-31-33-110(34-32-109)94-103-52-71(53-104-94)90(121)111-30-25-67-43-65(20-22-69(67)55-111)54-115-89-81(87(98)106-57-107-89)82(108-115)70-45-68-24-28-99-88(68)100-51-70/h10-12,16-17,20,22,24,28,41,43,45,48-49,51-53,57-58,60-62,64,72-74,76-79,84-85,119,127H,13-15,18-19,21,23,25-27,29-40,42,44,46-47,50,54-56H2,1-9H3,(H,99,100)(H,105,126)(H,123,124)(H2,98,106,107)/b12-10+,16-11+,59-17+,63-41+/t58-,60-,61-,62-,64+,72+,73+,74-,76-,77+,78+,79-,84-,85+,97-/m1/s1. The highest BCUT2D eigenvalue weighted by atomic mass is 16.6. The first-order valence-corrected chi connectivity index (χ1v) is 46.7. The van der Waals surface area contributed by atoms with Crippen LogP contribution in [-0.4, -0.2) is 298 Å². The van der Waals surface area contributed by atoms with Crippen molar-refractivity contribution in [2.24, 2.45) is 29.6 Å². The van der Waals surface area contributed by atoms with Gasteiger partial charge < -0.3 is 89.0 Å². The second kappa shape index (κ2) is 45.1. The first-order valence-electron chi connectivity index (χ1n) is 46.7. The first-order chi connectivity index (χ1) is 64.5. The lowest BCUT2D eigenvalue weighted by Gasteiger charge is -2.40. The number of rotatable bonds is 22. The van der Waals surface area contributed by atoms with Crippen molar-refractivity contribution < 1.29 is 91.6 Å². The van der Waals surface area contributed by atoms with Gasteiger partial charge in [0.25, 0.3) is 17.6 Å². The molecular weight excluding hydrogens is 1720 g/mol. The van der Waals surface area contributed by atoms with Crippen molar-refractivity contribution in [3.05, 3.63) is 149 Å². The number of alkyl carbamates (subject to hydrolysis) is 1. The van der Waals surface area contributed by atoms with Crippen molar-refractivity contribution in [3.8, 4) is 11.3 Å². The molecule has 7 N–H and O–H groups in total. The fourth-order valence-corrected chi connectivity index (χ4v) is 19.5. The number of hydrogen-bond donors (Lipinski definition) is 6. The van der Waals surface area contributed by atoms with E-state index in [1.807, 2.05) is 79.1 Å². The van der Waals surface area contributed by atoms with Gasteiger partial charge in [-0.25, -0.2) is 54.0 Å². The number of cyclic esters (lactones) is 1. The number of benzene rings is 1. The van der Waals surface area contributed by atoms with Gasteiger partial charge in [-0.05, 0) is 142 Å². The summed E-state index contributed by atoms with van der Waals surface area (Å²) >= 11 is 0. The molecule has 0 unspecified atom stereocenters. The van der Waals surface area contributed by atoms with Crippen molar-refractivity contribution in [1.29, 1.82) is 0 Å². The molecule has 7 aliphatic rings. The van der Waals surface area contributed by atoms with Crippen LogP contribution >= 0.6 is 0 Å². The average Bonchev–Trinajstić information content (AvgIpc) is 1.59. The Morgan fingerprint density at radius 1 is 0.761 bits per heavy atom. The lowest BCUT2D eigenvalue weighted by atomic mass is 9.78. The van der Waals surface area contributed by atoms with E-state index in [4.69, 9.17) is 44.0 Å². The van der Waals surface area contributed by atoms with Crippen LogP contribution < -0.4 is 20.9 Å². The number of carboxylic acids is 1. The molecular formula is C97H126N18O19. The van der Waals surface area contributed by atoms with E-state index in [1.54, 1.807) is 57.4 Å². The second-order valence-corrected chi connectivity index (χ2v) is 36.7. The van der Waals surface area contributed by atoms with Crippen molar-refractivity contribution in [2.45, 2.75) is 218 Å². The van der Waals surface area contributed by atoms with Gasteiger partial charge in [0.2, 0.25) is 23.6 Å². The number of ketones is 3. The molecule has 37 heteroatoms. The average molecular weight is 1850 g/mol. The Labute approximate surface area is 779 Å². The fraction of sp³-hybridized carbons (Fsp3) is 0.557. The highest BCUT2D eigenvalue weighted by Crippen LogP contribution is 2.39. The number of aromatic amines is 1. The molecule has 0 spiro atoms. The highest BCUT2D eigenvalue weighted by molar-refractivity contribution is 6.39. The van der Waals surface area contributed by atoms with Crippen LogP contribution in [0.2, 0.25) is 0 Å². The summed E-state index contributed by atoms with van der Waals surface area (Å²) in [6.07, 6.45) is 20.4. The molecule has 134 heavy (non-hydrogen) atoms. The molecule has 5 fully saturated rings. The third-order valence-corrected chi connectivity index (χ3v) is 27.3. The number of pyridine rings is 1. The molecule has 6 aromatic heterocycles. The van der Waals surface area contributed by atoms with Crippen LogP contribution in [-0.2, 0) is 92.8 Å². The molecule has 0 radical (unpaired) electrons. The molecule has 37 nitrogen and oxygen atoms in total. The van der Waals surface area contributed by atoms with Gasteiger partial charge in [-0.1, -0.05) is 82.4 Å². The Bertz CT molecular complexity index is 5460. The maximum absolute atomic E-state index is 14.8. The van der Waals surface area contributed by atoms with Gasteiger partial charge in [0, 0.05) is 178 Å². The number of allylic oxidation sites excluding steroid dienone is 6. The van der Waals surface area contributed by atoms with Gasteiger partial charge in [-0.15, -0.1) is 0 Å². The summed E-state index contributed by atoms with van der Waals surface area (Å²) in [6.45, 7) is 16.4. The van der Waals surface area contributed by atoms with E-state index >= 15 is 0 Å². The molecule has 7 aromatic rings. The van der Waals surface area contributed by atoms with Gasteiger partial charge in [0.15, 0.2) is 11.4 Å². The zero-order valence-electron chi connectivity index (χ0n) is 77.8. The number of nitrogens with two attached hydrogens (primary N) is 1. The van der Waals surface area contributed by atoms with Crippen LogP contribution in [0.1, 0.15) is 164 Å². The SMILES string of the molecule is CO[C@H]1C[C@@H]2CCC[C@@](O)(O2)C(=O)C(=O)N2CCCC[C@H]2C(=O)O[C@H]([C@H](C)C[C@@H]2CC[C@@H](OC(=O)NCc3cnc(N4CCN(C(=O)CCOCCN5CCN(c6ncc(C(=O)N7CCc8cc(Cn9nc(-c%10cnc%11[nH]ccc%11c%10)c%10c(N)ncnc%109)ccc8C7)cn6)CC5)[C@@H](C(=O)O)C4)nc3)[C@H](OC)C2)CC(=O)[C@H](C)/C=C(\C)[C@@H](O)[C@@H](OC)C(=O)[C@H](C)C[C@H](C)/C=C/C=C/C=C/1C. The van der Waals surface area contributed by atoms with E-state index in [0.717, 1.165) is 43.8 Å². The topological polar surface area (TPSA) is 460 Å². The number of carbonyl (C=O) groups is 9. The number of aromatic nitrogens is 10. The normalized spacial score (nSPS) is 27.6. The summed E-state index contributed by atoms with van der Waals surface area (Å²) in [5.41, 5.74) is 14.6. The number of amides is 4. The van der Waals surface area contributed by atoms with Gasteiger partial charge in [-0.3, -0.25) is 33.7 Å². The summed E-state index contributed by atoms with van der Waals surface area (Å²) in [7, 11) is 4.44. The predicted molar refractivity (Wildman–Crippen MR) is 494 cm³/mol. The molecule has 2 bridgehead atoms. The molecule has 1 aliphatic carbocycles. The van der Waals surface area contributed by atoms with Gasteiger partial charge in [-0.2, -0.15) is 5.10 Å². The summed E-state index contributed by atoms with van der Waals surface area (Å²) in [4.78, 5) is 171. The maximum atomic E-state index is 14.8. The number of aliphatic hydroxyl groups excluding tert-OH is 1. The summed E-state index contributed by atoms with van der Waals surface area (Å²) in [5.74, 6) is -8.70. The fourth-order valence-electron chi connectivity index (χ4n) is 19.5. The number of fused-ring (bicyclic) bond motifs is 6. The largest absolute Gasteiger partial charge is 0.480 e. The molecule has 718 valence electrons. The number of piperidine rings is 1. The summed E-state index contributed by atoms with van der Waals surface area (Å²) in [6, 6.07) is 7.84. The van der Waals surface area contributed by atoms with E-state index in [9.17, 15) is 58.5 Å². The number of methoxy groups -OCH3 is 3. The predicted octanol–water partition coefficient (Wildman–Crippen LogP) is 8.29. The number of anilines is 3. The van der Waals surface area contributed by atoms with Gasteiger partial charge in [0.05, 0.1) is 62.0 Å². The van der Waals surface area contributed by atoms with Crippen LogP contribution in [0.5, 0.6) is 0 Å². The van der Waals surface area contributed by atoms with E-state index in [2.05, 4.69) is 73.2 Å². The second-order valence-electron chi connectivity index (χ2n) is 36.7. The molecule has 1 saturated carbocycles. The van der Waals surface area contributed by atoms with Crippen LogP contribution in [0.15, 0.2) is 121 Å². The Morgan fingerprint density at radius 3 is 2.29 bits per heavy atom. The number of aliphatic hydroxyl groups is 2. The number of nitrogen functional groups attached to an aromatic ring is 1. The number of piperazine rings is 2. The number of nitrogens with zero attached hydrogens (tertiary/aromatic N) is 15. The summed E-state index contributed by atoms with van der Waals surface area (Å²) in [5, 5.41) is 43.3. The minimum absolute atomic E-state index is 0.0129. The van der Waals surface area contributed by atoms with Crippen molar-refractivity contribution in [2.75, 3.05) is 116 Å². The number of aliphatic carboxylic acids is 1. The Balaban J connectivity index is 0.510. The van der Waals surface area contributed by atoms with E-state index < -0.39 is 108 Å². The third-order valence-electron chi connectivity index (χ3n) is 27.3. The third kappa shape index (κ3) is 24.0. The molecule has 4 amide bonds. The minimum atomic E-state index is -2.46. The number of carboxylic acid groups (broad SMARTS) is 1. The Morgan fingerprint density at radius 2 is 1.53 bits per heavy atom. The smallest absolute Gasteiger partial charge is 0.407 e. The van der Waals surface area contributed by atoms with Gasteiger partial charge >= 0.3 is 18.0 Å². The minimum Gasteiger partial charge on any atom is -0.480 e. The number of hydrogen-bond acceptors (Lipinski definition) is 30. The van der Waals surface area contributed by atoms with E-state index in [1.165, 1.54) is 37.8 Å². The zero-order valence-corrected chi connectivity index (χ0v) is 77.8. The number of ether oxygens (including phenoxy) is 7. The number of esters is 1. The lowest BCUT2D eigenvalue weighted by Crippen LogP contribution is -2.58. The Kier molecular flexibility index (Phi) is 33.1. The molecule has 1 aromatic carbocycles. The quantitative estimate of drug-likeness (QED) is 0.0161. The lowest BCUT2D eigenvalue weighted by molar-refractivity contribution is -0.245. The maximum Gasteiger partial charge on any atom is 0.407 e. The number of H-pyrrole nitrogens is 1. The number of nitrogens with one attached hydrogen (secondary N) is 2. The van der Waals surface area contributed by atoms with E-state index in [-0.39, 0.29) is 113 Å². The molecule has 15 atom stereocenters. The van der Waals surface area contributed by atoms with Crippen molar-refractivity contribution >= 4 is 92.9 Å². The zero-order chi connectivity index (χ0) is 95.0. The van der Waals surface area contributed by atoms with Crippen molar-refractivity contribution in [3.63, 3.8) is 0 Å². The Hall–Kier alpha value is -11.7. The van der Waals surface area contributed by atoms with Crippen LogP contribution in [0.3, 0.4) is 0 Å². The molecule has 12 heterocycles. The van der Waals surface area contributed by atoms with Crippen LogP contribution in [0.25, 0.3) is 33.3 Å². The van der Waals surface area contributed by atoms with E-state index in [0.29, 0.717) is 168 Å². The highest BCUT2D eigenvalue weighted by Gasteiger charge is 2.50. The monoisotopic (exact) mass is 1850 g/mol. The molecule has 4 saturated heterocycles. The number of Topliss-reactive ketones (excluding diaryl/α,β-unsaturated/α-hetero) is 3. The van der Waals surface area contributed by atoms with Gasteiger partial charge in [0.1, 0.15) is 65.8 Å². The molecule has 14 rings (SSSR count). The number of carbonyl (C=O) groups excluding carboxylic acids is 8. The van der Waals surface area contributed by atoms with Crippen LogP contribution in [0, 0.1) is 29.6 Å². The van der Waals surface area contributed by atoms with Crippen molar-refractivity contribution in [1.82, 2.24) is 74.6 Å². The molecule has 6 aliphatic heterocycles. The first kappa shape index (κ1) is 98.3. The van der Waals surface area contributed by atoms with Crippen LogP contribution in [0.4, 0.5) is 22.5 Å².